The van der Waals surface area contributed by atoms with Crippen LogP contribution in [0.4, 0.5) is 0 Å². The van der Waals surface area contributed by atoms with Crippen molar-refractivity contribution in [3.63, 3.8) is 0 Å². The monoisotopic (exact) mass is 107 g/mol. The standard InChI is InChI=1S/CH4N2O2S/c2-1(3)6(4)5/h(H3,2,3)(H,4,5)/p-1. The number of hydrogen-bond acceptors (Lipinski definition) is 3. The van der Waals surface area contributed by atoms with Crippen molar-refractivity contribution in [2.24, 2.45) is 5.73 Å². The molecule has 0 aliphatic heterocycles. The molecule has 0 radical (unpaired) electrons. The van der Waals surface area contributed by atoms with Crippen LogP contribution in [0.2, 0.25) is 0 Å². The lowest BCUT2D eigenvalue weighted by atomic mass is 11.4. The zero-order valence-electron chi connectivity index (χ0n) is 2.80. The van der Waals surface area contributed by atoms with Gasteiger partial charge in [-0.25, -0.2) is 0 Å². The highest BCUT2D eigenvalue weighted by molar-refractivity contribution is 7.95. The largest absolute Gasteiger partial charge is 0.766 e. The lowest BCUT2D eigenvalue weighted by molar-refractivity contribution is 0.549. The molecule has 36 valence electrons. The molecule has 0 saturated carbocycles. The van der Waals surface area contributed by atoms with Crippen molar-refractivity contribution in [2.75, 3.05) is 0 Å². The molecule has 3 N–H and O–H groups in total. The summed E-state index contributed by atoms with van der Waals surface area (Å²) in [5.74, 6) is 0. The summed E-state index contributed by atoms with van der Waals surface area (Å²) >= 11 is -2.51. The topological polar surface area (TPSA) is 90.0 Å². The SMILES string of the molecule is N=C(N)S(=O)[O-]. The maximum absolute atomic E-state index is 9.35. The van der Waals surface area contributed by atoms with Gasteiger partial charge in [-0.15, -0.1) is 0 Å². The Bertz CT molecular complexity index is 77.5. The number of rotatable bonds is 0. The van der Waals surface area contributed by atoms with Crippen molar-refractivity contribution in [3.05, 3.63) is 0 Å². The highest BCUT2D eigenvalue weighted by Gasteiger charge is 1.77. The predicted molar refractivity (Wildman–Crippen MR) is 20.8 cm³/mol. The van der Waals surface area contributed by atoms with Crippen molar-refractivity contribution in [2.45, 2.75) is 0 Å². The normalized spacial score (nSPS) is 13.5. The van der Waals surface area contributed by atoms with Gasteiger partial charge in [0.15, 0.2) is 5.17 Å². The van der Waals surface area contributed by atoms with E-state index < -0.39 is 16.2 Å². The molecule has 0 saturated heterocycles. The molecule has 6 heavy (non-hydrogen) atoms. The Kier molecular flexibility index (Phi) is 1.75. The van der Waals surface area contributed by atoms with Crippen LogP contribution in [-0.4, -0.2) is 13.9 Å². The quantitative estimate of drug-likeness (QED) is 0.230. The summed E-state index contributed by atoms with van der Waals surface area (Å²) in [4.78, 5) is 0. The van der Waals surface area contributed by atoms with Gasteiger partial charge >= 0.3 is 0 Å². The molecule has 1 atom stereocenters. The van der Waals surface area contributed by atoms with Crippen LogP contribution in [0, 0.1) is 5.41 Å². The molecule has 0 heterocycles. The second-order valence-corrected chi connectivity index (χ2v) is 1.51. The van der Waals surface area contributed by atoms with Crippen molar-refractivity contribution in [3.8, 4) is 0 Å². The molecule has 0 spiro atoms. The summed E-state index contributed by atoms with van der Waals surface area (Å²) in [6.45, 7) is 0. The maximum Gasteiger partial charge on any atom is 0.168 e. The van der Waals surface area contributed by atoms with Crippen molar-refractivity contribution in [1.29, 1.82) is 5.41 Å². The smallest absolute Gasteiger partial charge is 0.168 e. The Morgan fingerprint density at radius 3 is 2.17 bits per heavy atom. The van der Waals surface area contributed by atoms with Crippen molar-refractivity contribution in [1.82, 2.24) is 0 Å². The fraction of sp³-hybridized carbons (Fsp3) is 0. The van der Waals surface area contributed by atoms with Gasteiger partial charge in [0.1, 0.15) is 0 Å². The minimum atomic E-state index is -2.51. The van der Waals surface area contributed by atoms with Crippen LogP contribution in [0.15, 0.2) is 0 Å². The molecule has 4 nitrogen and oxygen atoms in total. The summed E-state index contributed by atoms with van der Waals surface area (Å²) in [6.07, 6.45) is 0. The molecule has 5 heteroatoms. The van der Waals surface area contributed by atoms with Gasteiger partial charge < -0.3 is 10.3 Å². The van der Waals surface area contributed by atoms with Gasteiger partial charge in [0.05, 0.1) is 0 Å². The Hall–Kier alpha value is -0.420. The number of nitrogens with one attached hydrogen (secondary N) is 1. The van der Waals surface area contributed by atoms with E-state index in [-0.39, 0.29) is 0 Å². The van der Waals surface area contributed by atoms with E-state index in [0.29, 0.717) is 0 Å². The van der Waals surface area contributed by atoms with E-state index in [1.807, 2.05) is 0 Å². The third-order valence-corrected chi connectivity index (χ3v) is 0.539. The lowest BCUT2D eigenvalue weighted by Crippen LogP contribution is -2.15. The molecule has 0 bridgehead atoms. The van der Waals surface area contributed by atoms with Gasteiger partial charge in [-0.3, -0.25) is 9.62 Å². The minimum absolute atomic E-state index is 0.824. The highest BCUT2D eigenvalue weighted by atomic mass is 32.2. The number of amidine groups is 1. The van der Waals surface area contributed by atoms with Crippen LogP contribution in [0.5, 0.6) is 0 Å². The fourth-order valence-electron chi connectivity index (χ4n) is 0. The number of nitrogens with two attached hydrogens (primary N) is 1. The first-order chi connectivity index (χ1) is 2.64. The average Bonchev–Trinajstić information content (AvgIpc) is 1.36. The molecular weight excluding hydrogens is 104 g/mol. The molecular formula is CH3N2O2S-. The summed E-state index contributed by atoms with van der Waals surface area (Å²) in [6, 6.07) is 0. The summed E-state index contributed by atoms with van der Waals surface area (Å²) < 4.78 is 18.7. The highest BCUT2D eigenvalue weighted by Crippen LogP contribution is 1.61. The Morgan fingerprint density at radius 2 is 2.17 bits per heavy atom. The van der Waals surface area contributed by atoms with Crippen LogP contribution in [0.1, 0.15) is 0 Å². The molecule has 0 amide bonds. The first-order valence-corrected chi connectivity index (χ1v) is 2.15. The van der Waals surface area contributed by atoms with E-state index >= 15 is 0 Å². The van der Waals surface area contributed by atoms with Crippen LogP contribution in [0.3, 0.4) is 0 Å². The minimum Gasteiger partial charge on any atom is -0.766 e. The second kappa shape index (κ2) is 1.89. The van der Waals surface area contributed by atoms with Gasteiger partial charge in [-0.2, -0.15) is 0 Å². The van der Waals surface area contributed by atoms with E-state index in [0.717, 1.165) is 0 Å². The summed E-state index contributed by atoms with van der Waals surface area (Å²) in [5, 5.41) is 5.29. The predicted octanol–water partition coefficient (Wildman–Crippen LogP) is -1.24. The molecule has 1 unspecified atom stereocenters. The Morgan fingerprint density at radius 1 is 2.00 bits per heavy atom. The molecule has 0 aliphatic rings. The average molecular weight is 107 g/mol. The van der Waals surface area contributed by atoms with Crippen molar-refractivity contribution < 1.29 is 8.76 Å². The van der Waals surface area contributed by atoms with Crippen LogP contribution < -0.4 is 5.73 Å². The van der Waals surface area contributed by atoms with E-state index in [1.165, 1.54) is 0 Å². The first kappa shape index (κ1) is 5.58. The number of hydrogen-bond donors (Lipinski definition) is 2. The van der Waals surface area contributed by atoms with Gasteiger partial charge in [-0.05, 0) is 0 Å². The van der Waals surface area contributed by atoms with Gasteiger partial charge in [-0.1, -0.05) is 0 Å². The first-order valence-electron chi connectivity index (χ1n) is 1.08. The van der Waals surface area contributed by atoms with Gasteiger partial charge in [0.25, 0.3) is 0 Å². The third-order valence-electron chi connectivity index (χ3n) is 0.180. The molecule has 0 aromatic rings. The Labute approximate surface area is 37.1 Å². The third kappa shape index (κ3) is 1.86. The van der Waals surface area contributed by atoms with Gasteiger partial charge in [0.2, 0.25) is 0 Å². The lowest BCUT2D eigenvalue weighted by Gasteiger charge is -1.96. The Balaban J connectivity index is 3.57. The zero-order valence-corrected chi connectivity index (χ0v) is 3.62. The van der Waals surface area contributed by atoms with Crippen molar-refractivity contribution >= 4 is 16.2 Å². The van der Waals surface area contributed by atoms with E-state index in [1.54, 1.807) is 0 Å². The van der Waals surface area contributed by atoms with Gasteiger partial charge in [0, 0.05) is 11.1 Å². The zero-order chi connectivity index (χ0) is 5.15. The van der Waals surface area contributed by atoms with E-state index in [2.05, 4.69) is 5.73 Å². The molecule has 0 rings (SSSR count). The maximum atomic E-state index is 9.35. The molecule has 0 aromatic heterocycles. The van der Waals surface area contributed by atoms with Crippen LogP contribution in [0.25, 0.3) is 0 Å². The van der Waals surface area contributed by atoms with Crippen LogP contribution in [-0.2, 0) is 11.1 Å². The second-order valence-electron chi connectivity index (χ2n) is 0.599. The molecule has 0 aromatic carbocycles. The molecule has 0 aliphatic carbocycles. The molecule has 0 fully saturated rings. The fourth-order valence-corrected chi connectivity index (χ4v) is 0. The van der Waals surface area contributed by atoms with E-state index in [9.17, 15) is 8.76 Å². The summed E-state index contributed by atoms with van der Waals surface area (Å²) in [7, 11) is 0. The van der Waals surface area contributed by atoms with Crippen LogP contribution >= 0.6 is 0 Å². The summed E-state index contributed by atoms with van der Waals surface area (Å²) in [5.41, 5.74) is 4.41. The van der Waals surface area contributed by atoms with E-state index in [4.69, 9.17) is 5.41 Å².